The predicted octanol–water partition coefficient (Wildman–Crippen LogP) is 7.49. The van der Waals surface area contributed by atoms with Crippen LogP contribution in [0.2, 0.25) is 5.02 Å². The van der Waals surface area contributed by atoms with E-state index in [1.807, 2.05) is 25.4 Å². The zero-order valence-corrected chi connectivity index (χ0v) is 23.6. The summed E-state index contributed by atoms with van der Waals surface area (Å²) < 4.78 is 20.8. The Bertz CT molecular complexity index is 1180. The number of allylic oxidation sites excluding steroid dienone is 1. The van der Waals surface area contributed by atoms with Gasteiger partial charge in [-0.3, -0.25) is 4.79 Å². The van der Waals surface area contributed by atoms with Crippen molar-refractivity contribution in [3.8, 4) is 0 Å². The van der Waals surface area contributed by atoms with Crippen molar-refractivity contribution in [1.82, 2.24) is 9.97 Å². The molecule has 0 fully saturated rings. The van der Waals surface area contributed by atoms with Gasteiger partial charge < -0.3 is 9.41 Å². The van der Waals surface area contributed by atoms with Gasteiger partial charge in [-0.1, -0.05) is 77.1 Å². The Labute approximate surface area is 220 Å². The summed E-state index contributed by atoms with van der Waals surface area (Å²) in [5.74, 6) is -1.05. The SMILES string of the molecule is C=C(C)P(c1ccc(C(C)(C)C)cc1)N(COC)c1cc(Cl)cnc1C(=O)c1ccc(F)nc1.CC. The molecule has 1 unspecified atom stereocenters. The smallest absolute Gasteiger partial charge is 0.215 e. The van der Waals surface area contributed by atoms with E-state index < -0.39 is 14.0 Å². The molecule has 8 heteroatoms. The minimum Gasteiger partial charge on any atom is -0.364 e. The first-order valence-corrected chi connectivity index (χ1v) is 13.3. The van der Waals surface area contributed by atoms with Crippen LogP contribution in [0.1, 0.15) is 63.2 Å². The minimum atomic E-state index is -1.15. The fourth-order valence-corrected chi connectivity index (χ4v) is 5.79. The Kier molecular flexibility index (Phi) is 10.7. The van der Waals surface area contributed by atoms with Gasteiger partial charge in [0.2, 0.25) is 11.7 Å². The first kappa shape index (κ1) is 29.6. The molecule has 3 rings (SSSR count). The molecular formula is C28H34ClFN3O2P. The Morgan fingerprint density at radius 2 is 1.75 bits per heavy atom. The Hall–Kier alpha value is -2.66. The molecule has 0 radical (unpaired) electrons. The summed E-state index contributed by atoms with van der Waals surface area (Å²) in [6.07, 6.45) is 2.62. The summed E-state index contributed by atoms with van der Waals surface area (Å²) in [6.45, 7) is 16.9. The molecule has 0 saturated heterocycles. The molecule has 192 valence electrons. The van der Waals surface area contributed by atoms with Crippen LogP contribution in [0, 0.1) is 5.95 Å². The number of hydrogen-bond acceptors (Lipinski definition) is 5. The average molecular weight is 530 g/mol. The highest BCUT2D eigenvalue weighted by Crippen LogP contribution is 2.50. The van der Waals surface area contributed by atoms with Gasteiger partial charge in [-0.05, 0) is 41.4 Å². The fourth-order valence-electron chi connectivity index (χ4n) is 3.47. The second kappa shape index (κ2) is 13.0. The van der Waals surface area contributed by atoms with E-state index in [1.54, 1.807) is 13.2 Å². The summed E-state index contributed by atoms with van der Waals surface area (Å²) in [6, 6.07) is 12.6. The molecule has 1 atom stereocenters. The molecule has 0 amide bonds. The van der Waals surface area contributed by atoms with E-state index in [2.05, 4.69) is 61.6 Å². The molecule has 0 saturated carbocycles. The Balaban J connectivity index is 0.00000222. The van der Waals surface area contributed by atoms with Crippen LogP contribution in [0.15, 0.2) is 66.8 Å². The van der Waals surface area contributed by atoms with Crippen molar-refractivity contribution in [1.29, 1.82) is 0 Å². The van der Waals surface area contributed by atoms with Gasteiger partial charge in [-0.15, -0.1) is 0 Å². The van der Waals surface area contributed by atoms with Gasteiger partial charge in [-0.25, -0.2) is 9.97 Å². The van der Waals surface area contributed by atoms with Crippen molar-refractivity contribution in [2.75, 3.05) is 18.5 Å². The number of ketones is 1. The van der Waals surface area contributed by atoms with Gasteiger partial charge in [0.1, 0.15) is 12.4 Å². The lowest BCUT2D eigenvalue weighted by Crippen LogP contribution is -2.27. The van der Waals surface area contributed by atoms with Crippen molar-refractivity contribution in [2.45, 2.75) is 47.0 Å². The average Bonchev–Trinajstić information content (AvgIpc) is 2.84. The maximum atomic E-state index is 13.3. The van der Waals surface area contributed by atoms with Crippen LogP contribution in [-0.4, -0.2) is 29.6 Å². The lowest BCUT2D eigenvalue weighted by Gasteiger charge is -2.34. The molecule has 2 aromatic heterocycles. The summed E-state index contributed by atoms with van der Waals surface area (Å²) in [5, 5.41) is 2.34. The molecule has 2 heterocycles. The molecule has 1 aromatic carbocycles. The topological polar surface area (TPSA) is 55.3 Å². The summed E-state index contributed by atoms with van der Waals surface area (Å²) >= 11 is 6.32. The molecule has 3 aromatic rings. The summed E-state index contributed by atoms with van der Waals surface area (Å²) in [7, 11) is 0.440. The number of hydrogen-bond donors (Lipinski definition) is 0. The number of nitrogens with zero attached hydrogens (tertiary/aromatic N) is 3. The van der Waals surface area contributed by atoms with Gasteiger partial charge in [0.25, 0.3) is 0 Å². The van der Waals surface area contributed by atoms with Crippen LogP contribution in [-0.2, 0) is 10.2 Å². The van der Waals surface area contributed by atoms with Gasteiger partial charge in [0.05, 0.1) is 18.8 Å². The van der Waals surface area contributed by atoms with E-state index in [0.29, 0.717) is 10.7 Å². The van der Waals surface area contributed by atoms with Crippen molar-refractivity contribution in [3.63, 3.8) is 0 Å². The first-order chi connectivity index (χ1) is 17.0. The predicted molar refractivity (Wildman–Crippen MR) is 149 cm³/mol. The van der Waals surface area contributed by atoms with Crippen molar-refractivity contribution in [3.05, 3.63) is 94.5 Å². The quantitative estimate of drug-likeness (QED) is 0.131. The third kappa shape index (κ3) is 7.19. The third-order valence-electron chi connectivity index (χ3n) is 5.15. The lowest BCUT2D eigenvalue weighted by atomic mass is 9.87. The van der Waals surface area contributed by atoms with Gasteiger partial charge >= 0.3 is 0 Å². The van der Waals surface area contributed by atoms with E-state index in [9.17, 15) is 9.18 Å². The van der Waals surface area contributed by atoms with E-state index in [-0.39, 0.29) is 29.2 Å². The number of pyridine rings is 2. The molecule has 0 aliphatic heterocycles. The van der Waals surface area contributed by atoms with E-state index in [4.69, 9.17) is 16.3 Å². The monoisotopic (exact) mass is 529 g/mol. The number of anilines is 1. The number of rotatable bonds is 8. The highest BCUT2D eigenvalue weighted by Gasteiger charge is 2.28. The molecule has 0 aliphatic rings. The lowest BCUT2D eigenvalue weighted by molar-refractivity contribution is 0.103. The number of methoxy groups -OCH3 is 1. The summed E-state index contributed by atoms with van der Waals surface area (Å²) in [5.41, 5.74) is 2.16. The van der Waals surface area contributed by atoms with E-state index in [0.717, 1.165) is 16.7 Å². The standard InChI is InChI=1S/C26H28ClFN3O2P.C2H6/c1-17(2)34(21-10-8-19(9-11-21)26(3,4)5)31(16-33-6)22-13-20(27)15-30-24(22)25(32)18-7-12-23(28)29-14-18;1-2/h7-15H,1,16H2,2-6H3;1-2H3. The zero-order chi connectivity index (χ0) is 27.0. The maximum Gasteiger partial charge on any atom is 0.215 e. The van der Waals surface area contributed by atoms with Crippen molar-refractivity contribution in [2.24, 2.45) is 0 Å². The maximum absolute atomic E-state index is 13.3. The molecule has 36 heavy (non-hydrogen) atoms. The second-order valence-corrected chi connectivity index (χ2v) is 11.7. The van der Waals surface area contributed by atoms with Crippen molar-refractivity contribution >= 4 is 36.4 Å². The highest BCUT2D eigenvalue weighted by atomic mass is 35.5. The second-order valence-electron chi connectivity index (χ2n) is 8.88. The zero-order valence-electron chi connectivity index (χ0n) is 22.0. The van der Waals surface area contributed by atoms with Crippen LogP contribution >= 0.6 is 19.7 Å². The van der Waals surface area contributed by atoms with Crippen LogP contribution < -0.4 is 9.97 Å². The van der Waals surface area contributed by atoms with Gasteiger partial charge in [0, 0.05) is 30.4 Å². The summed E-state index contributed by atoms with van der Waals surface area (Å²) in [4.78, 5) is 21.3. The van der Waals surface area contributed by atoms with Crippen LogP contribution in [0.5, 0.6) is 0 Å². The molecular weight excluding hydrogens is 496 g/mol. The van der Waals surface area contributed by atoms with Crippen LogP contribution in [0.3, 0.4) is 0 Å². The Morgan fingerprint density at radius 1 is 1.11 bits per heavy atom. The largest absolute Gasteiger partial charge is 0.364 e. The third-order valence-corrected chi connectivity index (χ3v) is 7.68. The number of benzene rings is 1. The molecule has 0 N–H and O–H groups in total. The number of carbonyl (C=O) groups is 1. The fraction of sp³-hybridized carbons (Fsp3) is 0.321. The number of aromatic nitrogens is 2. The van der Waals surface area contributed by atoms with Crippen molar-refractivity contribution < 1.29 is 13.9 Å². The van der Waals surface area contributed by atoms with Crippen LogP contribution in [0.4, 0.5) is 10.1 Å². The highest BCUT2D eigenvalue weighted by molar-refractivity contribution is 7.71. The molecule has 5 nitrogen and oxygen atoms in total. The number of halogens is 2. The normalized spacial score (nSPS) is 11.8. The molecule has 0 spiro atoms. The number of carbonyl (C=O) groups excluding carboxylic acids is 1. The first-order valence-electron chi connectivity index (χ1n) is 11.7. The van der Waals surface area contributed by atoms with Crippen LogP contribution in [0.25, 0.3) is 0 Å². The molecule has 0 bridgehead atoms. The molecule has 0 aliphatic carbocycles. The van der Waals surface area contributed by atoms with E-state index >= 15 is 0 Å². The van der Waals surface area contributed by atoms with E-state index in [1.165, 1.54) is 24.0 Å². The van der Waals surface area contributed by atoms with Gasteiger partial charge in [0.15, 0.2) is 0 Å². The number of ether oxygens (including phenoxy) is 1. The minimum absolute atomic E-state index is 0.0242. The Morgan fingerprint density at radius 3 is 2.25 bits per heavy atom. The van der Waals surface area contributed by atoms with Gasteiger partial charge in [-0.2, -0.15) is 4.39 Å².